The molecule has 2 aliphatic rings. The van der Waals surface area contributed by atoms with E-state index in [4.69, 9.17) is 4.42 Å². The largest absolute Gasteiger partial charge is 0.450 e. The molecule has 4 aromatic rings. The van der Waals surface area contributed by atoms with Gasteiger partial charge in [0.2, 0.25) is 5.76 Å². The van der Waals surface area contributed by atoms with Gasteiger partial charge in [-0.15, -0.1) is 6.58 Å². The summed E-state index contributed by atoms with van der Waals surface area (Å²) in [5.41, 5.74) is 2.51. The zero-order valence-electron chi connectivity index (χ0n) is 20.1. The molecule has 0 aliphatic carbocycles. The Labute approximate surface area is 208 Å². The lowest BCUT2D eigenvalue weighted by molar-refractivity contribution is -0.126. The number of nitrogens with zero attached hydrogens (tertiary/aromatic N) is 2. The summed E-state index contributed by atoms with van der Waals surface area (Å²) in [7, 11) is 0. The molecule has 6 heteroatoms. The summed E-state index contributed by atoms with van der Waals surface area (Å²) < 4.78 is 6.12. The minimum absolute atomic E-state index is 0.0795. The molecular weight excluding hydrogens is 452 g/mol. The van der Waals surface area contributed by atoms with Gasteiger partial charge in [-0.1, -0.05) is 54.6 Å². The van der Waals surface area contributed by atoms with Crippen LogP contribution in [0.3, 0.4) is 0 Å². The fraction of sp³-hybridized carbons (Fsp3) is 0.167. The number of fused-ring (bicyclic) bond motifs is 5. The third-order valence-electron chi connectivity index (χ3n) is 7.35. The molecule has 6 nitrogen and oxygen atoms in total. The Balaban J connectivity index is 1.68. The standard InChI is InChI=1S/C30H24N2O4/c1-4-14-32-28(34)27-25(26(33)21-15-18(2)19(3)16-24(21)36-27)30(32)22-12-8-9-13-23(22)31(29(30)35)17-20-10-6-5-7-11-20/h4-13,15-16H,1,14,17H2,2-3H3. The van der Waals surface area contributed by atoms with Gasteiger partial charge < -0.3 is 14.2 Å². The highest BCUT2D eigenvalue weighted by atomic mass is 16.3. The second kappa shape index (κ2) is 7.78. The number of carbonyl (C=O) groups is 2. The van der Waals surface area contributed by atoms with E-state index in [1.165, 1.54) is 4.90 Å². The molecule has 0 bridgehead atoms. The molecule has 2 aliphatic heterocycles. The Morgan fingerprint density at radius 1 is 0.944 bits per heavy atom. The van der Waals surface area contributed by atoms with Gasteiger partial charge in [-0.05, 0) is 48.7 Å². The predicted octanol–water partition coefficient (Wildman–Crippen LogP) is 4.84. The Kier molecular flexibility index (Phi) is 4.76. The molecule has 0 fully saturated rings. The van der Waals surface area contributed by atoms with Crippen molar-refractivity contribution in [2.45, 2.75) is 25.9 Å². The van der Waals surface area contributed by atoms with E-state index in [1.54, 1.807) is 23.1 Å². The average Bonchev–Trinajstić information content (AvgIpc) is 3.27. The number of para-hydroxylation sites is 1. The van der Waals surface area contributed by atoms with E-state index in [2.05, 4.69) is 6.58 Å². The van der Waals surface area contributed by atoms with Crippen LogP contribution in [-0.4, -0.2) is 23.3 Å². The van der Waals surface area contributed by atoms with Crippen LogP contribution in [0, 0.1) is 13.8 Å². The Hall–Kier alpha value is -4.45. The molecule has 0 saturated carbocycles. The molecule has 3 heterocycles. The second-order valence-electron chi connectivity index (χ2n) is 9.38. The van der Waals surface area contributed by atoms with Crippen molar-refractivity contribution >= 4 is 28.5 Å². The van der Waals surface area contributed by atoms with Crippen molar-refractivity contribution < 1.29 is 14.0 Å². The second-order valence-corrected chi connectivity index (χ2v) is 9.38. The van der Waals surface area contributed by atoms with Crippen LogP contribution in [0.4, 0.5) is 5.69 Å². The highest BCUT2D eigenvalue weighted by Crippen LogP contribution is 2.52. The molecule has 0 saturated heterocycles. The summed E-state index contributed by atoms with van der Waals surface area (Å²) in [5.74, 6) is -0.925. The quantitative estimate of drug-likeness (QED) is 0.395. The van der Waals surface area contributed by atoms with E-state index in [0.29, 0.717) is 28.8 Å². The zero-order chi connectivity index (χ0) is 25.2. The van der Waals surface area contributed by atoms with E-state index in [0.717, 1.165) is 16.7 Å². The molecular formula is C30H24N2O4. The highest BCUT2D eigenvalue weighted by Gasteiger charge is 2.64. The average molecular weight is 477 g/mol. The molecule has 1 spiro atoms. The van der Waals surface area contributed by atoms with E-state index in [-0.39, 0.29) is 29.2 Å². The molecule has 0 radical (unpaired) electrons. The molecule has 3 aromatic carbocycles. The third kappa shape index (κ3) is 2.75. The maximum atomic E-state index is 14.5. The highest BCUT2D eigenvalue weighted by molar-refractivity contribution is 6.17. The van der Waals surface area contributed by atoms with Crippen molar-refractivity contribution in [2.75, 3.05) is 11.4 Å². The zero-order valence-corrected chi connectivity index (χ0v) is 20.1. The first-order chi connectivity index (χ1) is 17.4. The van der Waals surface area contributed by atoms with Crippen molar-refractivity contribution in [2.24, 2.45) is 0 Å². The number of aryl methyl sites for hydroxylation is 2. The monoisotopic (exact) mass is 476 g/mol. The minimum atomic E-state index is -1.63. The number of rotatable bonds is 4. The summed E-state index contributed by atoms with van der Waals surface area (Å²) in [4.78, 5) is 45.5. The molecule has 6 rings (SSSR count). The van der Waals surface area contributed by atoms with Crippen LogP contribution < -0.4 is 10.3 Å². The number of hydrogen-bond acceptors (Lipinski definition) is 4. The van der Waals surface area contributed by atoms with E-state index in [1.807, 2.05) is 68.4 Å². The van der Waals surface area contributed by atoms with Gasteiger partial charge in [-0.3, -0.25) is 14.4 Å². The SMILES string of the molecule is C=CCN1C(=O)c2oc3cc(C)c(C)cc3c(=O)c2C12C(=O)N(Cc1ccccc1)c1ccccc12. The Bertz CT molecular complexity index is 1650. The predicted molar refractivity (Wildman–Crippen MR) is 138 cm³/mol. The Morgan fingerprint density at radius 2 is 1.64 bits per heavy atom. The van der Waals surface area contributed by atoms with Gasteiger partial charge in [0.1, 0.15) is 5.58 Å². The van der Waals surface area contributed by atoms with Gasteiger partial charge in [-0.25, -0.2) is 0 Å². The molecule has 1 unspecified atom stereocenters. The van der Waals surface area contributed by atoms with Crippen molar-refractivity contribution in [3.05, 3.63) is 123 Å². The number of benzene rings is 3. The number of amides is 2. The van der Waals surface area contributed by atoms with Crippen molar-refractivity contribution in [3.8, 4) is 0 Å². The van der Waals surface area contributed by atoms with Crippen LogP contribution in [0.25, 0.3) is 11.0 Å². The minimum Gasteiger partial charge on any atom is -0.450 e. The summed E-state index contributed by atoms with van der Waals surface area (Å²) in [6.07, 6.45) is 1.57. The van der Waals surface area contributed by atoms with Crippen molar-refractivity contribution in [3.63, 3.8) is 0 Å². The van der Waals surface area contributed by atoms with Gasteiger partial charge in [0, 0.05) is 12.1 Å². The number of carbonyl (C=O) groups excluding carboxylic acids is 2. The van der Waals surface area contributed by atoms with Crippen LogP contribution in [0.2, 0.25) is 0 Å². The van der Waals surface area contributed by atoms with Gasteiger partial charge in [-0.2, -0.15) is 0 Å². The summed E-state index contributed by atoms with van der Waals surface area (Å²) in [5, 5.41) is 0.358. The summed E-state index contributed by atoms with van der Waals surface area (Å²) >= 11 is 0. The molecule has 1 aromatic heterocycles. The molecule has 1 atom stereocenters. The van der Waals surface area contributed by atoms with Crippen LogP contribution >= 0.6 is 0 Å². The van der Waals surface area contributed by atoms with E-state index < -0.39 is 11.4 Å². The van der Waals surface area contributed by atoms with Crippen molar-refractivity contribution in [1.29, 1.82) is 0 Å². The van der Waals surface area contributed by atoms with E-state index >= 15 is 0 Å². The fourth-order valence-corrected chi connectivity index (χ4v) is 5.55. The maximum Gasteiger partial charge on any atom is 0.291 e. The number of hydrogen-bond donors (Lipinski definition) is 0. The maximum absolute atomic E-state index is 14.5. The van der Waals surface area contributed by atoms with Crippen molar-refractivity contribution in [1.82, 2.24) is 4.90 Å². The third-order valence-corrected chi connectivity index (χ3v) is 7.35. The fourth-order valence-electron chi connectivity index (χ4n) is 5.55. The number of anilines is 1. The molecule has 0 N–H and O–H groups in total. The van der Waals surface area contributed by atoms with Crippen LogP contribution in [0.5, 0.6) is 0 Å². The first-order valence-electron chi connectivity index (χ1n) is 11.9. The van der Waals surface area contributed by atoms with Gasteiger partial charge >= 0.3 is 0 Å². The van der Waals surface area contributed by atoms with Crippen LogP contribution in [-0.2, 0) is 16.9 Å². The molecule has 178 valence electrons. The summed E-state index contributed by atoms with van der Waals surface area (Å²) in [6.45, 7) is 8.05. The molecule has 36 heavy (non-hydrogen) atoms. The van der Waals surface area contributed by atoms with Crippen LogP contribution in [0.15, 0.2) is 88.6 Å². The topological polar surface area (TPSA) is 70.8 Å². The first kappa shape index (κ1) is 22.0. The smallest absolute Gasteiger partial charge is 0.291 e. The summed E-state index contributed by atoms with van der Waals surface area (Å²) in [6, 6.07) is 20.6. The van der Waals surface area contributed by atoms with E-state index in [9.17, 15) is 14.4 Å². The first-order valence-corrected chi connectivity index (χ1v) is 11.9. The van der Waals surface area contributed by atoms with Gasteiger partial charge in [0.05, 0.1) is 23.2 Å². The molecule has 2 amide bonds. The lowest BCUT2D eigenvalue weighted by Crippen LogP contribution is -2.53. The normalized spacial score (nSPS) is 18.3. The lowest BCUT2D eigenvalue weighted by Gasteiger charge is -2.33. The van der Waals surface area contributed by atoms with Gasteiger partial charge in [0.15, 0.2) is 11.0 Å². The Morgan fingerprint density at radius 3 is 2.39 bits per heavy atom. The lowest BCUT2D eigenvalue weighted by atomic mass is 9.84. The van der Waals surface area contributed by atoms with Crippen LogP contribution in [0.1, 0.15) is 38.4 Å². The van der Waals surface area contributed by atoms with Gasteiger partial charge in [0.25, 0.3) is 11.8 Å².